The molecular weight excluding hydrogens is 659 g/mol. The number of hydrogen-bond donors (Lipinski definition) is 1. The predicted molar refractivity (Wildman–Crippen MR) is 225 cm³/mol. The fourth-order valence-electron chi connectivity index (χ4n) is 7.31. The van der Waals surface area contributed by atoms with Crippen LogP contribution >= 0.6 is 0 Å². The summed E-state index contributed by atoms with van der Waals surface area (Å²) in [6.45, 7) is 10.1. The quantitative estimate of drug-likeness (QED) is 0.187. The Balaban J connectivity index is 1.39. The van der Waals surface area contributed by atoms with Gasteiger partial charge in [0, 0.05) is 21.4 Å². The summed E-state index contributed by atoms with van der Waals surface area (Å²) in [5.41, 5.74) is 14.1. The lowest BCUT2D eigenvalue weighted by atomic mass is 9.83. The van der Waals surface area contributed by atoms with E-state index in [4.69, 9.17) is 14.1 Å². The van der Waals surface area contributed by atoms with Crippen molar-refractivity contribution in [3.05, 3.63) is 167 Å². The molecule has 0 radical (unpaired) electrons. The molecule has 0 unspecified atom stereocenters. The van der Waals surface area contributed by atoms with E-state index in [1.165, 1.54) is 5.56 Å². The van der Waals surface area contributed by atoms with Crippen molar-refractivity contribution in [1.82, 2.24) is 14.5 Å². The molecule has 0 spiro atoms. The zero-order valence-electron chi connectivity index (χ0n) is 34.6. The van der Waals surface area contributed by atoms with Gasteiger partial charge < -0.3 is 5.11 Å². The number of fused-ring (bicyclic) bond motifs is 1. The second-order valence-corrected chi connectivity index (χ2v) is 15.4. The average Bonchev–Trinajstić information content (AvgIpc) is 3.58. The average molecular weight is 707 g/mol. The molecule has 0 amide bonds. The van der Waals surface area contributed by atoms with E-state index in [9.17, 15) is 5.11 Å². The molecule has 266 valence electrons. The van der Waals surface area contributed by atoms with Crippen LogP contribution in [0.2, 0.25) is 0 Å². The van der Waals surface area contributed by atoms with E-state index in [0.29, 0.717) is 28.2 Å². The highest BCUT2D eigenvalue weighted by Crippen LogP contribution is 2.42. The summed E-state index contributed by atoms with van der Waals surface area (Å²) < 4.78 is 28.2. The lowest BCUT2D eigenvalue weighted by molar-refractivity contribution is 0.472. The van der Waals surface area contributed by atoms with E-state index in [0.717, 1.165) is 61.3 Å². The maximum Gasteiger partial charge on any atom is 0.149 e. The second kappa shape index (κ2) is 13.6. The number of para-hydroxylation sites is 1. The fraction of sp³-hybridized carbons (Fsp3) is 0.160. The van der Waals surface area contributed by atoms with Crippen LogP contribution in [0.1, 0.15) is 52.7 Å². The highest BCUT2D eigenvalue weighted by molar-refractivity contribution is 5.97. The normalized spacial score (nSPS) is 12.7. The highest BCUT2D eigenvalue weighted by atomic mass is 16.3. The Labute approximate surface area is 322 Å². The molecule has 4 nitrogen and oxygen atoms in total. The summed E-state index contributed by atoms with van der Waals surface area (Å²) in [5.74, 6) is 0.561. The highest BCUT2D eigenvalue weighted by Gasteiger charge is 2.23. The van der Waals surface area contributed by atoms with Crippen LogP contribution in [-0.2, 0) is 5.41 Å². The van der Waals surface area contributed by atoms with E-state index in [2.05, 4.69) is 82.3 Å². The summed E-state index contributed by atoms with van der Waals surface area (Å²) in [7, 11) is 0. The first kappa shape index (κ1) is 31.3. The number of benzene rings is 6. The molecular formula is C50H45N3O. The van der Waals surface area contributed by atoms with Gasteiger partial charge in [-0.1, -0.05) is 111 Å². The zero-order valence-corrected chi connectivity index (χ0v) is 31.6. The van der Waals surface area contributed by atoms with Crippen LogP contribution in [0.3, 0.4) is 0 Å². The topological polar surface area (TPSA) is 50.9 Å². The van der Waals surface area contributed by atoms with Gasteiger partial charge in [0.05, 0.1) is 28.0 Å². The molecule has 1 N–H and O–H groups in total. The molecule has 0 saturated heterocycles. The van der Waals surface area contributed by atoms with Gasteiger partial charge in [-0.05, 0) is 132 Å². The van der Waals surface area contributed by atoms with Crippen molar-refractivity contribution in [1.29, 1.82) is 0 Å². The van der Waals surface area contributed by atoms with Crippen molar-refractivity contribution in [2.75, 3.05) is 0 Å². The van der Waals surface area contributed by atoms with Crippen LogP contribution in [0.5, 0.6) is 5.75 Å². The number of aromatic hydroxyl groups is 1. The standard InChI is InChI=1S/C50H45N3O/c1-31-16-18-36(19-17-31)38-22-23-51-44(30-38)40-27-39(28-41(29-40)50(5,6)7)42-14-11-15-46-47(42)52-49(43-25-32(2)24-34(4)48(43)54)53(46)45-21-20-37(26-33(45)3)35-12-9-8-10-13-35/h8-30,54H,1-7H3/i3D3. The summed E-state index contributed by atoms with van der Waals surface area (Å²) in [6.07, 6.45) is 1.87. The Bertz CT molecular complexity index is 2790. The lowest BCUT2D eigenvalue weighted by Gasteiger charge is -2.22. The molecule has 0 aliphatic carbocycles. The SMILES string of the molecule is [2H]C([2H])([2H])c1cc(-c2ccccc2)ccc1-n1c(-c2cc(C)cc(C)c2O)nc2c(-c3cc(-c4cc(-c5ccc(C)cc5)ccn4)cc(C(C)(C)C)c3)cccc21. The van der Waals surface area contributed by atoms with E-state index in [1.54, 1.807) is 6.07 Å². The first-order valence-electron chi connectivity index (χ1n) is 19.9. The monoisotopic (exact) mass is 706 g/mol. The molecule has 54 heavy (non-hydrogen) atoms. The predicted octanol–water partition coefficient (Wildman–Crippen LogP) is 13.0. The fourth-order valence-corrected chi connectivity index (χ4v) is 7.31. The molecule has 2 aromatic heterocycles. The van der Waals surface area contributed by atoms with E-state index < -0.39 is 6.85 Å². The molecule has 8 aromatic rings. The number of rotatable bonds is 6. The number of phenolic OH excluding ortho intramolecular Hbond substituents is 1. The van der Waals surface area contributed by atoms with Crippen LogP contribution in [0.15, 0.2) is 140 Å². The van der Waals surface area contributed by atoms with Crippen molar-refractivity contribution in [2.24, 2.45) is 0 Å². The van der Waals surface area contributed by atoms with Crippen molar-refractivity contribution in [3.8, 4) is 67.5 Å². The van der Waals surface area contributed by atoms with Gasteiger partial charge in [0.15, 0.2) is 0 Å². The maximum atomic E-state index is 11.6. The van der Waals surface area contributed by atoms with Crippen LogP contribution in [0.4, 0.5) is 0 Å². The molecule has 0 aliphatic heterocycles. The van der Waals surface area contributed by atoms with Gasteiger partial charge in [0.1, 0.15) is 11.6 Å². The molecule has 2 heterocycles. The molecule has 8 rings (SSSR count). The third-order valence-corrected chi connectivity index (χ3v) is 10.3. The van der Waals surface area contributed by atoms with Crippen molar-refractivity contribution >= 4 is 11.0 Å². The molecule has 4 heteroatoms. The van der Waals surface area contributed by atoms with Crippen molar-refractivity contribution in [3.63, 3.8) is 0 Å². The van der Waals surface area contributed by atoms with Gasteiger partial charge in [-0.2, -0.15) is 0 Å². The van der Waals surface area contributed by atoms with E-state index in [-0.39, 0.29) is 16.7 Å². The minimum absolute atomic E-state index is 0.103. The Kier molecular flexibility index (Phi) is 7.89. The zero-order chi connectivity index (χ0) is 40.2. The van der Waals surface area contributed by atoms with Crippen LogP contribution < -0.4 is 0 Å². The molecule has 0 saturated carbocycles. The van der Waals surface area contributed by atoms with Crippen LogP contribution in [-0.4, -0.2) is 19.6 Å². The maximum absolute atomic E-state index is 11.6. The number of pyridine rings is 1. The Hall–Kier alpha value is -6.26. The van der Waals surface area contributed by atoms with E-state index in [1.807, 2.05) is 97.4 Å². The Morgan fingerprint density at radius 2 is 1.31 bits per heavy atom. The van der Waals surface area contributed by atoms with Crippen molar-refractivity contribution < 1.29 is 9.22 Å². The van der Waals surface area contributed by atoms with E-state index >= 15 is 0 Å². The minimum atomic E-state index is -2.45. The minimum Gasteiger partial charge on any atom is -0.507 e. The summed E-state index contributed by atoms with van der Waals surface area (Å²) in [4.78, 5) is 10.2. The van der Waals surface area contributed by atoms with Gasteiger partial charge in [-0.3, -0.25) is 9.55 Å². The number of hydrogen-bond acceptors (Lipinski definition) is 3. The summed E-state index contributed by atoms with van der Waals surface area (Å²) in [6, 6.07) is 44.6. The third kappa shape index (κ3) is 6.49. The van der Waals surface area contributed by atoms with Gasteiger partial charge in [-0.25, -0.2) is 4.98 Å². The number of aromatic nitrogens is 3. The van der Waals surface area contributed by atoms with Crippen molar-refractivity contribution in [2.45, 2.75) is 53.8 Å². The number of aryl methyl sites for hydroxylation is 4. The molecule has 0 aliphatic rings. The summed E-state index contributed by atoms with van der Waals surface area (Å²) >= 11 is 0. The Morgan fingerprint density at radius 3 is 2.07 bits per heavy atom. The second-order valence-electron chi connectivity index (χ2n) is 15.4. The van der Waals surface area contributed by atoms with Gasteiger partial charge >= 0.3 is 0 Å². The first-order valence-corrected chi connectivity index (χ1v) is 18.4. The lowest BCUT2D eigenvalue weighted by Crippen LogP contribution is -2.11. The third-order valence-electron chi connectivity index (χ3n) is 10.3. The largest absolute Gasteiger partial charge is 0.507 e. The molecule has 6 aromatic carbocycles. The summed E-state index contributed by atoms with van der Waals surface area (Å²) in [5, 5.41) is 11.6. The number of nitrogens with zero attached hydrogens (tertiary/aromatic N) is 3. The molecule has 0 bridgehead atoms. The molecule has 0 fully saturated rings. The Morgan fingerprint density at radius 1 is 0.593 bits per heavy atom. The number of phenols is 1. The smallest absolute Gasteiger partial charge is 0.149 e. The number of imidazole rings is 1. The van der Waals surface area contributed by atoms with Gasteiger partial charge in [-0.15, -0.1) is 0 Å². The van der Waals surface area contributed by atoms with Crippen LogP contribution in [0.25, 0.3) is 72.7 Å². The van der Waals surface area contributed by atoms with Gasteiger partial charge in [0.2, 0.25) is 0 Å². The first-order chi connectivity index (χ1) is 27.2. The molecule has 0 atom stereocenters. The van der Waals surface area contributed by atoms with Crippen LogP contribution in [0, 0.1) is 27.6 Å². The van der Waals surface area contributed by atoms with Gasteiger partial charge in [0.25, 0.3) is 0 Å².